The van der Waals surface area contributed by atoms with Crippen LogP contribution in [0.3, 0.4) is 0 Å². The molecule has 7 heteroatoms. The SMILES string of the molecule is NNc1ncc(Cl)c(N(CCCO)C2CCC2)n1. The highest BCUT2D eigenvalue weighted by molar-refractivity contribution is 6.32. The first kappa shape index (κ1) is 13.3. The van der Waals surface area contributed by atoms with Crippen LogP contribution in [0.25, 0.3) is 0 Å². The van der Waals surface area contributed by atoms with E-state index in [0.29, 0.717) is 29.3 Å². The minimum absolute atomic E-state index is 0.161. The van der Waals surface area contributed by atoms with Crippen molar-refractivity contribution in [3.8, 4) is 0 Å². The van der Waals surface area contributed by atoms with Crippen LogP contribution in [0.4, 0.5) is 11.8 Å². The highest BCUT2D eigenvalue weighted by atomic mass is 35.5. The fourth-order valence-corrected chi connectivity index (χ4v) is 2.23. The molecule has 1 aliphatic carbocycles. The summed E-state index contributed by atoms with van der Waals surface area (Å²) in [5.41, 5.74) is 2.42. The zero-order chi connectivity index (χ0) is 13.0. The fraction of sp³-hybridized carbons (Fsp3) is 0.636. The van der Waals surface area contributed by atoms with Crippen molar-refractivity contribution in [1.82, 2.24) is 9.97 Å². The first-order valence-corrected chi connectivity index (χ1v) is 6.50. The third kappa shape index (κ3) is 2.82. The van der Waals surface area contributed by atoms with Gasteiger partial charge in [0.2, 0.25) is 5.95 Å². The molecule has 0 amide bonds. The number of nitrogen functional groups attached to an aromatic ring is 1. The van der Waals surface area contributed by atoms with Crippen LogP contribution in [0, 0.1) is 0 Å². The Morgan fingerprint density at radius 1 is 1.56 bits per heavy atom. The first-order valence-electron chi connectivity index (χ1n) is 6.13. The lowest BCUT2D eigenvalue weighted by atomic mass is 9.91. The van der Waals surface area contributed by atoms with Gasteiger partial charge in [-0.15, -0.1) is 0 Å². The molecule has 18 heavy (non-hydrogen) atoms. The normalized spacial score (nSPS) is 15.3. The third-order valence-electron chi connectivity index (χ3n) is 3.20. The predicted molar refractivity (Wildman–Crippen MR) is 71.5 cm³/mol. The molecule has 0 saturated heterocycles. The Morgan fingerprint density at radius 2 is 2.33 bits per heavy atom. The Labute approximate surface area is 111 Å². The number of hydrazine groups is 1. The van der Waals surface area contributed by atoms with E-state index in [1.165, 1.54) is 6.42 Å². The van der Waals surface area contributed by atoms with Gasteiger partial charge >= 0.3 is 0 Å². The van der Waals surface area contributed by atoms with E-state index in [1.54, 1.807) is 6.20 Å². The lowest BCUT2D eigenvalue weighted by molar-refractivity contribution is 0.282. The van der Waals surface area contributed by atoms with Crippen LogP contribution in [0.1, 0.15) is 25.7 Å². The Balaban J connectivity index is 2.22. The summed E-state index contributed by atoms with van der Waals surface area (Å²) in [5, 5.41) is 9.49. The van der Waals surface area contributed by atoms with Crippen molar-refractivity contribution in [3.63, 3.8) is 0 Å². The number of nitrogens with zero attached hydrogens (tertiary/aromatic N) is 3. The molecule has 1 saturated carbocycles. The highest BCUT2D eigenvalue weighted by Crippen LogP contribution is 2.32. The number of aliphatic hydroxyl groups is 1. The standard InChI is InChI=1S/C11H18ClN5O/c12-9-7-14-11(16-13)15-10(9)17(5-2-6-18)8-3-1-4-8/h7-8,18H,1-6,13H2,(H,14,15,16). The van der Waals surface area contributed by atoms with Crippen molar-refractivity contribution >= 4 is 23.4 Å². The van der Waals surface area contributed by atoms with Gasteiger partial charge in [0.25, 0.3) is 0 Å². The monoisotopic (exact) mass is 271 g/mol. The topological polar surface area (TPSA) is 87.3 Å². The molecule has 0 aliphatic heterocycles. The minimum Gasteiger partial charge on any atom is -0.396 e. The van der Waals surface area contributed by atoms with E-state index in [2.05, 4.69) is 20.3 Å². The van der Waals surface area contributed by atoms with E-state index < -0.39 is 0 Å². The molecule has 0 aromatic carbocycles. The van der Waals surface area contributed by atoms with Crippen molar-refractivity contribution < 1.29 is 5.11 Å². The number of nitrogens with two attached hydrogens (primary N) is 1. The average Bonchev–Trinajstić information content (AvgIpc) is 2.33. The molecule has 0 unspecified atom stereocenters. The molecule has 0 bridgehead atoms. The lowest BCUT2D eigenvalue weighted by Crippen LogP contribution is -2.42. The van der Waals surface area contributed by atoms with Gasteiger partial charge in [0.05, 0.1) is 6.20 Å². The van der Waals surface area contributed by atoms with Gasteiger partial charge in [0.15, 0.2) is 5.82 Å². The molecular weight excluding hydrogens is 254 g/mol. The number of hydrogen-bond acceptors (Lipinski definition) is 6. The largest absolute Gasteiger partial charge is 0.396 e. The van der Waals surface area contributed by atoms with E-state index >= 15 is 0 Å². The summed E-state index contributed by atoms with van der Waals surface area (Å²) >= 11 is 6.15. The van der Waals surface area contributed by atoms with Gasteiger partial charge in [-0.3, -0.25) is 5.43 Å². The zero-order valence-electron chi connectivity index (χ0n) is 10.1. The Bertz CT molecular complexity index is 399. The van der Waals surface area contributed by atoms with Crippen molar-refractivity contribution in [1.29, 1.82) is 0 Å². The van der Waals surface area contributed by atoms with Gasteiger partial charge in [-0.05, 0) is 25.7 Å². The quantitative estimate of drug-likeness (QED) is 0.532. The molecule has 1 aliphatic rings. The summed E-state index contributed by atoms with van der Waals surface area (Å²) in [6.07, 6.45) is 5.74. The number of anilines is 2. The summed E-state index contributed by atoms with van der Waals surface area (Å²) in [4.78, 5) is 10.4. The summed E-state index contributed by atoms with van der Waals surface area (Å²) in [7, 11) is 0. The molecule has 100 valence electrons. The minimum atomic E-state index is 0.161. The van der Waals surface area contributed by atoms with Crippen molar-refractivity contribution in [3.05, 3.63) is 11.2 Å². The van der Waals surface area contributed by atoms with Gasteiger partial charge in [-0.1, -0.05) is 11.6 Å². The van der Waals surface area contributed by atoms with Crippen LogP contribution in [-0.2, 0) is 0 Å². The second-order valence-electron chi connectivity index (χ2n) is 4.36. The Morgan fingerprint density at radius 3 is 2.89 bits per heavy atom. The summed E-state index contributed by atoms with van der Waals surface area (Å²) in [6, 6.07) is 0.453. The zero-order valence-corrected chi connectivity index (χ0v) is 10.9. The van der Waals surface area contributed by atoms with Gasteiger partial charge < -0.3 is 10.0 Å². The van der Waals surface area contributed by atoms with E-state index in [4.69, 9.17) is 22.6 Å². The van der Waals surface area contributed by atoms with Gasteiger partial charge in [-0.2, -0.15) is 4.98 Å². The molecule has 0 spiro atoms. The van der Waals surface area contributed by atoms with Crippen LogP contribution in [0.2, 0.25) is 5.02 Å². The van der Waals surface area contributed by atoms with E-state index in [-0.39, 0.29) is 6.61 Å². The second kappa shape index (κ2) is 6.17. The van der Waals surface area contributed by atoms with E-state index in [9.17, 15) is 0 Å². The molecule has 1 aromatic heterocycles. The van der Waals surface area contributed by atoms with Gasteiger partial charge in [-0.25, -0.2) is 10.8 Å². The van der Waals surface area contributed by atoms with Crippen LogP contribution >= 0.6 is 11.6 Å². The molecule has 4 N–H and O–H groups in total. The molecule has 1 fully saturated rings. The Kier molecular flexibility index (Phi) is 4.57. The third-order valence-corrected chi connectivity index (χ3v) is 3.47. The van der Waals surface area contributed by atoms with Crippen molar-refractivity contribution in [2.45, 2.75) is 31.7 Å². The summed E-state index contributed by atoms with van der Waals surface area (Å²) in [6.45, 7) is 0.899. The first-order chi connectivity index (χ1) is 8.76. The maximum Gasteiger partial charge on any atom is 0.239 e. The molecule has 6 nitrogen and oxygen atoms in total. The molecule has 1 heterocycles. The molecule has 2 rings (SSSR count). The average molecular weight is 272 g/mol. The highest BCUT2D eigenvalue weighted by Gasteiger charge is 2.27. The van der Waals surface area contributed by atoms with Crippen LogP contribution in [-0.4, -0.2) is 34.3 Å². The molecular formula is C11H18ClN5O. The maximum absolute atomic E-state index is 8.98. The fourth-order valence-electron chi connectivity index (χ4n) is 2.03. The molecule has 1 aromatic rings. The number of aromatic nitrogens is 2. The lowest BCUT2D eigenvalue weighted by Gasteiger charge is -2.38. The number of rotatable bonds is 6. The van der Waals surface area contributed by atoms with Crippen LogP contribution in [0.15, 0.2) is 6.20 Å². The van der Waals surface area contributed by atoms with Crippen molar-refractivity contribution in [2.24, 2.45) is 5.84 Å². The van der Waals surface area contributed by atoms with Crippen molar-refractivity contribution in [2.75, 3.05) is 23.5 Å². The van der Waals surface area contributed by atoms with Crippen LogP contribution in [0.5, 0.6) is 0 Å². The smallest absolute Gasteiger partial charge is 0.239 e. The maximum atomic E-state index is 8.98. The van der Waals surface area contributed by atoms with Crippen LogP contribution < -0.4 is 16.2 Å². The molecule has 0 atom stereocenters. The van der Waals surface area contributed by atoms with Gasteiger partial charge in [0, 0.05) is 19.2 Å². The predicted octanol–water partition coefficient (Wildman–Crippen LogP) is 1.16. The number of aliphatic hydroxyl groups excluding tert-OH is 1. The summed E-state index contributed by atoms with van der Waals surface area (Å²) in [5.74, 6) is 6.36. The molecule has 0 radical (unpaired) electrons. The summed E-state index contributed by atoms with van der Waals surface area (Å²) < 4.78 is 0. The number of halogens is 1. The Hall–Kier alpha value is -1.11. The van der Waals surface area contributed by atoms with E-state index in [1.807, 2.05) is 0 Å². The van der Waals surface area contributed by atoms with Gasteiger partial charge in [0.1, 0.15) is 5.02 Å². The second-order valence-corrected chi connectivity index (χ2v) is 4.77. The number of nitrogens with one attached hydrogen (secondary N) is 1. The van der Waals surface area contributed by atoms with E-state index in [0.717, 1.165) is 19.4 Å². The number of hydrogen-bond donors (Lipinski definition) is 3.